The van der Waals surface area contributed by atoms with Crippen LogP contribution in [0.4, 0.5) is 0 Å². The molecule has 0 spiro atoms. The van der Waals surface area contributed by atoms with Crippen molar-refractivity contribution in [1.29, 1.82) is 0 Å². The summed E-state index contributed by atoms with van der Waals surface area (Å²) in [6, 6.07) is 0. The lowest BCUT2D eigenvalue weighted by molar-refractivity contribution is -0.00625. The largest absolute Gasteiger partial charge is 0.390 e. The molecule has 1 unspecified atom stereocenters. The summed E-state index contributed by atoms with van der Waals surface area (Å²) in [5, 5.41) is 9.93. The number of hydrogen-bond donors (Lipinski definition) is 1. The molecule has 0 aromatic rings. The molecule has 0 saturated heterocycles. The molecule has 2 aliphatic carbocycles. The first-order valence-corrected chi connectivity index (χ1v) is 6.62. The average molecular weight is 212 g/mol. The molecule has 0 amide bonds. The molecule has 0 bridgehead atoms. The van der Waals surface area contributed by atoms with Gasteiger partial charge in [-0.1, -0.05) is 32.1 Å². The van der Waals surface area contributed by atoms with Gasteiger partial charge >= 0.3 is 0 Å². The van der Waals surface area contributed by atoms with Crippen molar-refractivity contribution in [2.45, 2.75) is 57.5 Å². The van der Waals surface area contributed by atoms with Crippen LogP contribution in [0.15, 0.2) is 0 Å². The molecular formula is C13H24O2. The number of aliphatic hydroxyl groups is 1. The van der Waals surface area contributed by atoms with E-state index in [0.29, 0.717) is 12.5 Å². The van der Waals surface area contributed by atoms with E-state index in [9.17, 15) is 5.11 Å². The minimum Gasteiger partial charge on any atom is -0.390 e. The van der Waals surface area contributed by atoms with Gasteiger partial charge in [-0.2, -0.15) is 0 Å². The zero-order valence-electron chi connectivity index (χ0n) is 9.66. The maximum absolute atomic E-state index is 9.93. The standard InChI is InChI=1S/C13H24O2/c14-13(12-4-2-1-3-5-12)10-15-9-8-11-6-7-11/h11-14H,1-10H2. The monoisotopic (exact) mass is 212 g/mol. The van der Waals surface area contributed by atoms with E-state index in [1.54, 1.807) is 0 Å². The van der Waals surface area contributed by atoms with Crippen molar-refractivity contribution in [2.24, 2.45) is 11.8 Å². The van der Waals surface area contributed by atoms with E-state index in [2.05, 4.69) is 0 Å². The second-order valence-corrected chi connectivity index (χ2v) is 5.27. The summed E-state index contributed by atoms with van der Waals surface area (Å²) in [7, 11) is 0. The fraction of sp³-hybridized carbons (Fsp3) is 1.00. The van der Waals surface area contributed by atoms with Crippen LogP contribution in [0.3, 0.4) is 0 Å². The lowest BCUT2D eigenvalue weighted by Gasteiger charge is -2.26. The molecule has 0 aromatic heterocycles. The second kappa shape index (κ2) is 5.86. The minimum absolute atomic E-state index is 0.204. The molecule has 2 heteroatoms. The first-order chi connectivity index (χ1) is 7.36. The molecule has 2 aliphatic rings. The molecule has 2 nitrogen and oxygen atoms in total. The van der Waals surface area contributed by atoms with Gasteiger partial charge < -0.3 is 9.84 Å². The van der Waals surface area contributed by atoms with E-state index in [4.69, 9.17) is 4.74 Å². The predicted molar refractivity (Wildman–Crippen MR) is 60.7 cm³/mol. The molecule has 88 valence electrons. The number of hydrogen-bond acceptors (Lipinski definition) is 2. The van der Waals surface area contributed by atoms with E-state index in [0.717, 1.165) is 12.5 Å². The third kappa shape index (κ3) is 4.12. The summed E-state index contributed by atoms with van der Waals surface area (Å²) in [5.41, 5.74) is 0. The molecule has 1 atom stereocenters. The first kappa shape index (κ1) is 11.4. The predicted octanol–water partition coefficient (Wildman–Crippen LogP) is 2.74. The molecule has 0 radical (unpaired) electrons. The van der Waals surface area contributed by atoms with Crippen LogP contribution in [-0.2, 0) is 4.74 Å². The van der Waals surface area contributed by atoms with Crippen LogP contribution in [0.25, 0.3) is 0 Å². The third-order valence-corrected chi connectivity index (χ3v) is 3.85. The van der Waals surface area contributed by atoms with Crippen molar-refractivity contribution in [3.8, 4) is 0 Å². The van der Waals surface area contributed by atoms with Gasteiger partial charge in [-0.05, 0) is 31.1 Å². The molecule has 2 rings (SSSR count). The molecule has 0 aromatic carbocycles. The quantitative estimate of drug-likeness (QED) is 0.686. The van der Waals surface area contributed by atoms with Gasteiger partial charge in [-0.25, -0.2) is 0 Å². The molecule has 0 aliphatic heterocycles. The maximum Gasteiger partial charge on any atom is 0.0801 e. The van der Waals surface area contributed by atoms with Crippen molar-refractivity contribution in [3.63, 3.8) is 0 Å². The van der Waals surface area contributed by atoms with Crippen molar-refractivity contribution < 1.29 is 9.84 Å². The van der Waals surface area contributed by atoms with E-state index in [-0.39, 0.29) is 6.10 Å². The number of ether oxygens (including phenoxy) is 1. The molecule has 0 heterocycles. The van der Waals surface area contributed by atoms with Crippen molar-refractivity contribution in [3.05, 3.63) is 0 Å². The summed E-state index contributed by atoms with van der Waals surface area (Å²) >= 11 is 0. The van der Waals surface area contributed by atoms with E-state index >= 15 is 0 Å². The van der Waals surface area contributed by atoms with Gasteiger partial charge in [0.1, 0.15) is 0 Å². The fourth-order valence-corrected chi connectivity index (χ4v) is 2.52. The van der Waals surface area contributed by atoms with Crippen LogP contribution in [-0.4, -0.2) is 24.4 Å². The van der Waals surface area contributed by atoms with Crippen LogP contribution >= 0.6 is 0 Å². The Kier molecular flexibility index (Phi) is 4.45. The second-order valence-electron chi connectivity index (χ2n) is 5.27. The fourth-order valence-electron chi connectivity index (χ4n) is 2.52. The van der Waals surface area contributed by atoms with Crippen molar-refractivity contribution in [2.75, 3.05) is 13.2 Å². The Labute approximate surface area is 93.0 Å². The van der Waals surface area contributed by atoms with E-state index < -0.39 is 0 Å². The zero-order valence-corrected chi connectivity index (χ0v) is 9.66. The Morgan fingerprint density at radius 2 is 1.80 bits per heavy atom. The van der Waals surface area contributed by atoms with Crippen LogP contribution in [0.1, 0.15) is 51.4 Å². The van der Waals surface area contributed by atoms with Gasteiger partial charge in [-0.3, -0.25) is 0 Å². The van der Waals surface area contributed by atoms with Crippen LogP contribution in [0.5, 0.6) is 0 Å². The third-order valence-electron chi connectivity index (χ3n) is 3.85. The summed E-state index contributed by atoms with van der Waals surface area (Å²) in [4.78, 5) is 0. The lowest BCUT2D eigenvalue weighted by atomic mass is 9.85. The SMILES string of the molecule is OC(COCCC1CC1)C1CCCCC1. The highest BCUT2D eigenvalue weighted by Gasteiger charge is 2.23. The molecule has 15 heavy (non-hydrogen) atoms. The van der Waals surface area contributed by atoms with Gasteiger partial charge in [0.2, 0.25) is 0 Å². The first-order valence-electron chi connectivity index (χ1n) is 6.62. The summed E-state index contributed by atoms with van der Waals surface area (Å²) in [6.07, 6.45) is 10.1. The van der Waals surface area contributed by atoms with Gasteiger partial charge in [0.15, 0.2) is 0 Å². The maximum atomic E-state index is 9.93. The Hall–Kier alpha value is -0.0800. The van der Waals surface area contributed by atoms with Gasteiger partial charge in [0.25, 0.3) is 0 Å². The molecular weight excluding hydrogens is 188 g/mol. The number of aliphatic hydroxyl groups excluding tert-OH is 1. The Bertz CT molecular complexity index is 171. The minimum atomic E-state index is -0.204. The summed E-state index contributed by atoms with van der Waals surface area (Å²) in [6.45, 7) is 1.42. The normalized spacial score (nSPS) is 25.4. The van der Waals surface area contributed by atoms with Gasteiger partial charge in [0, 0.05) is 6.61 Å². The van der Waals surface area contributed by atoms with Crippen LogP contribution in [0, 0.1) is 11.8 Å². The Morgan fingerprint density at radius 3 is 2.47 bits per heavy atom. The van der Waals surface area contributed by atoms with E-state index in [1.807, 2.05) is 0 Å². The lowest BCUT2D eigenvalue weighted by Crippen LogP contribution is -2.27. The molecule has 2 fully saturated rings. The smallest absolute Gasteiger partial charge is 0.0801 e. The van der Waals surface area contributed by atoms with E-state index in [1.165, 1.54) is 51.4 Å². The topological polar surface area (TPSA) is 29.5 Å². The molecule has 2 saturated carbocycles. The highest BCUT2D eigenvalue weighted by atomic mass is 16.5. The average Bonchev–Trinajstić information content (AvgIpc) is 3.09. The summed E-state index contributed by atoms with van der Waals surface area (Å²) < 4.78 is 5.55. The van der Waals surface area contributed by atoms with Crippen molar-refractivity contribution in [1.82, 2.24) is 0 Å². The Morgan fingerprint density at radius 1 is 1.07 bits per heavy atom. The zero-order chi connectivity index (χ0) is 10.5. The highest BCUT2D eigenvalue weighted by molar-refractivity contribution is 4.74. The Balaban J connectivity index is 1.52. The van der Waals surface area contributed by atoms with Crippen LogP contribution in [0.2, 0.25) is 0 Å². The van der Waals surface area contributed by atoms with Crippen molar-refractivity contribution >= 4 is 0 Å². The van der Waals surface area contributed by atoms with Crippen LogP contribution < -0.4 is 0 Å². The van der Waals surface area contributed by atoms with Gasteiger partial charge in [0.05, 0.1) is 12.7 Å². The van der Waals surface area contributed by atoms with Gasteiger partial charge in [-0.15, -0.1) is 0 Å². The molecule has 1 N–H and O–H groups in total. The highest BCUT2D eigenvalue weighted by Crippen LogP contribution is 2.32. The number of rotatable bonds is 6. The summed E-state index contributed by atoms with van der Waals surface area (Å²) in [5.74, 6) is 1.46.